The lowest BCUT2D eigenvalue weighted by molar-refractivity contribution is 0.00578. The van der Waals surface area contributed by atoms with Crippen molar-refractivity contribution >= 4 is 7.12 Å². The van der Waals surface area contributed by atoms with Crippen LogP contribution >= 0.6 is 0 Å². The number of hydrogen-bond acceptors (Lipinski definition) is 2. The average Bonchev–Trinajstić information content (AvgIpc) is 2.55. The van der Waals surface area contributed by atoms with E-state index in [-0.39, 0.29) is 18.3 Å². The molecule has 2 fully saturated rings. The molecule has 2 rings (SSSR count). The van der Waals surface area contributed by atoms with E-state index in [9.17, 15) is 0 Å². The molecule has 1 heterocycles. The maximum Gasteiger partial charge on any atom is 0.465 e. The summed E-state index contributed by atoms with van der Waals surface area (Å²) in [6.07, 6.45) is 3.53. The summed E-state index contributed by atoms with van der Waals surface area (Å²) in [5.74, 6) is 0.408. The molecule has 1 unspecified atom stereocenters. The van der Waals surface area contributed by atoms with Gasteiger partial charge in [0.1, 0.15) is 0 Å². The number of hydrogen-bond donors (Lipinski definition) is 0. The number of rotatable bonds is 1. The van der Waals surface area contributed by atoms with Crippen LogP contribution < -0.4 is 0 Å². The molecule has 1 aliphatic heterocycles. The zero-order valence-electron chi connectivity index (χ0n) is 10.3. The van der Waals surface area contributed by atoms with Gasteiger partial charge in [0, 0.05) is 5.82 Å². The molecule has 0 radical (unpaired) electrons. The molecule has 0 aromatic rings. The molecule has 0 spiro atoms. The Hall–Kier alpha value is -0.275. The van der Waals surface area contributed by atoms with Gasteiger partial charge in [0.15, 0.2) is 0 Å². The molecule has 1 saturated carbocycles. The molecule has 84 valence electrons. The van der Waals surface area contributed by atoms with Crippen molar-refractivity contribution in [2.45, 2.75) is 64.0 Å². The van der Waals surface area contributed by atoms with Crippen molar-refractivity contribution in [3.63, 3.8) is 0 Å². The highest BCUT2D eigenvalue weighted by molar-refractivity contribution is 6.48. The fourth-order valence-corrected chi connectivity index (χ4v) is 2.32. The smallest absolute Gasteiger partial charge is 0.403 e. The van der Waals surface area contributed by atoms with E-state index in [4.69, 9.17) is 9.31 Å². The van der Waals surface area contributed by atoms with Crippen LogP contribution in [-0.2, 0) is 9.31 Å². The van der Waals surface area contributed by atoms with E-state index < -0.39 is 0 Å². The molecule has 15 heavy (non-hydrogen) atoms. The molecule has 0 amide bonds. The molecule has 2 nitrogen and oxygen atoms in total. The summed E-state index contributed by atoms with van der Waals surface area (Å²) in [5.41, 5.74) is 0.884. The van der Waals surface area contributed by atoms with Crippen LogP contribution in [-0.4, -0.2) is 18.3 Å². The summed E-state index contributed by atoms with van der Waals surface area (Å²) in [6, 6.07) is 0. The lowest BCUT2D eigenvalue weighted by atomic mass is 9.69. The maximum atomic E-state index is 6.04. The van der Waals surface area contributed by atoms with Gasteiger partial charge in [0.25, 0.3) is 0 Å². The van der Waals surface area contributed by atoms with E-state index in [0.29, 0.717) is 5.82 Å². The third kappa shape index (κ3) is 1.76. The van der Waals surface area contributed by atoms with Crippen LogP contribution in [0.5, 0.6) is 0 Å². The number of allylic oxidation sites excluding steroid dienone is 1. The molecular weight excluding hydrogens is 187 g/mol. The minimum Gasteiger partial charge on any atom is -0.403 e. The first-order valence-corrected chi connectivity index (χ1v) is 5.87. The zero-order chi connectivity index (χ0) is 11.3. The van der Waals surface area contributed by atoms with E-state index in [0.717, 1.165) is 12.8 Å². The van der Waals surface area contributed by atoms with Gasteiger partial charge < -0.3 is 9.31 Å². The lowest BCUT2D eigenvalue weighted by Crippen LogP contribution is -2.41. The van der Waals surface area contributed by atoms with E-state index in [1.807, 2.05) is 0 Å². The predicted octanol–water partition coefficient (Wildman–Crippen LogP) is 3.19. The Morgan fingerprint density at radius 1 is 1.20 bits per heavy atom. The monoisotopic (exact) mass is 208 g/mol. The van der Waals surface area contributed by atoms with E-state index in [1.165, 1.54) is 12.0 Å². The summed E-state index contributed by atoms with van der Waals surface area (Å²) < 4.78 is 12.1. The van der Waals surface area contributed by atoms with Gasteiger partial charge in [-0.2, -0.15) is 0 Å². The first kappa shape index (κ1) is 11.2. The van der Waals surface area contributed by atoms with Crippen LogP contribution in [0.15, 0.2) is 12.2 Å². The molecule has 3 heteroatoms. The van der Waals surface area contributed by atoms with Crippen molar-refractivity contribution in [3.8, 4) is 0 Å². The second-order valence-electron chi connectivity index (χ2n) is 5.78. The molecule has 0 aromatic carbocycles. The van der Waals surface area contributed by atoms with E-state index in [1.54, 1.807) is 0 Å². The van der Waals surface area contributed by atoms with Crippen LogP contribution in [0.4, 0.5) is 0 Å². The maximum absolute atomic E-state index is 6.04. The normalized spacial score (nSPS) is 33.7. The molecule has 1 atom stereocenters. The van der Waals surface area contributed by atoms with Crippen molar-refractivity contribution in [3.05, 3.63) is 12.2 Å². The highest BCUT2D eigenvalue weighted by Gasteiger charge is 2.54. The second kappa shape index (κ2) is 3.36. The Morgan fingerprint density at radius 3 is 2.13 bits per heavy atom. The Kier molecular flexibility index (Phi) is 2.51. The Bertz CT molecular complexity index is 267. The Balaban J connectivity index is 2.12. The zero-order valence-corrected chi connectivity index (χ0v) is 10.3. The van der Waals surface area contributed by atoms with Crippen LogP contribution in [0.25, 0.3) is 0 Å². The second-order valence-corrected chi connectivity index (χ2v) is 5.78. The summed E-state index contributed by atoms with van der Waals surface area (Å²) in [6.45, 7) is 12.5. The molecule has 1 aliphatic carbocycles. The Labute approximate surface area is 93.2 Å². The van der Waals surface area contributed by atoms with E-state index >= 15 is 0 Å². The fourth-order valence-electron chi connectivity index (χ4n) is 2.32. The summed E-state index contributed by atoms with van der Waals surface area (Å²) in [7, 11) is -0.0787. The van der Waals surface area contributed by atoms with Crippen molar-refractivity contribution in [1.29, 1.82) is 0 Å². The van der Waals surface area contributed by atoms with Crippen molar-refractivity contribution in [1.82, 2.24) is 0 Å². The van der Waals surface area contributed by atoms with Gasteiger partial charge in [0.05, 0.1) is 11.2 Å². The first-order valence-electron chi connectivity index (χ1n) is 5.87. The van der Waals surface area contributed by atoms with Gasteiger partial charge in [-0.15, -0.1) is 6.58 Å². The standard InChI is InChI=1S/C12H21BO2/c1-9-7-6-8-10(9)13-14-11(2,3)12(4,5)15-13/h10H,1,6-8H2,2-5H3. The predicted molar refractivity (Wildman–Crippen MR) is 62.8 cm³/mol. The minimum atomic E-state index is -0.208. The highest BCUT2D eigenvalue weighted by Crippen LogP contribution is 2.46. The van der Waals surface area contributed by atoms with Gasteiger partial charge in [-0.3, -0.25) is 0 Å². The summed E-state index contributed by atoms with van der Waals surface area (Å²) in [5, 5.41) is 0. The van der Waals surface area contributed by atoms with Crippen LogP contribution in [0.1, 0.15) is 47.0 Å². The van der Waals surface area contributed by atoms with Gasteiger partial charge in [-0.25, -0.2) is 0 Å². The SMILES string of the molecule is C=C1CCCC1B1OC(C)(C)C(C)(C)O1. The molecule has 1 saturated heterocycles. The summed E-state index contributed by atoms with van der Waals surface area (Å²) in [4.78, 5) is 0. The third-order valence-corrected chi connectivity index (χ3v) is 4.14. The van der Waals surface area contributed by atoms with Crippen molar-refractivity contribution in [2.24, 2.45) is 0 Å². The molecule has 0 bridgehead atoms. The van der Waals surface area contributed by atoms with Crippen LogP contribution in [0.3, 0.4) is 0 Å². The van der Waals surface area contributed by atoms with Crippen molar-refractivity contribution < 1.29 is 9.31 Å². The van der Waals surface area contributed by atoms with Crippen LogP contribution in [0, 0.1) is 0 Å². The first-order chi connectivity index (χ1) is 6.83. The van der Waals surface area contributed by atoms with Gasteiger partial charge in [-0.05, 0) is 47.0 Å². The third-order valence-electron chi connectivity index (χ3n) is 4.14. The molecular formula is C12H21BO2. The molecule has 0 N–H and O–H groups in total. The molecule has 0 aromatic heterocycles. The lowest BCUT2D eigenvalue weighted by Gasteiger charge is -2.32. The quantitative estimate of drug-likeness (QED) is 0.486. The molecule has 2 aliphatic rings. The van der Waals surface area contributed by atoms with Crippen LogP contribution in [0.2, 0.25) is 5.82 Å². The van der Waals surface area contributed by atoms with Gasteiger partial charge in [-0.1, -0.05) is 5.57 Å². The highest BCUT2D eigenvalue weighted by atomic mass is 16.7. The average molecular weight is 208 g/mol. The van der Waals surface area contributed by atoms with E-state index in [2.05, 4.69) is 34.3 Å². The van der Waals surface area contributed by atoms with Gasteiger partial charge >= 0.3 is 7.12 Å². The fraction of sp³-hybridized carbons (Fsp3) is 0.833. The van der Waals surface area contributed by atoms with Crippen molar-refractivity contribution in [2.75, 3.05) is 0 Å². The Morgan fingerprint density at radius 2 is 1.73 bits per heavy atom. The van der Waals surface area contributed by atoms with Gasteiger partial charge in [0.2, 0.25) is 0 Å². The summed E-state index contributed by atoms with van der Waals surface area (Å²) >= 11 is 0. The largest absolute Gasteiger partial charge is 0.465 e. The minimum absolute atomic E-state index is 0.0787. The topological polar surface area (TPSA) is 18.5 Å².